The minimum atomic E-state index is 0.735. The van der Waals surface area contributed by atoms with E-state index < -0.39 is 0 Å². The second-order valence-electron chi connectivity index (χ2n) is 5.51. The van der Waals surface area contributed by atoms with Crippen molar-refractivity contribution >= 4 is 22.4 Å². The summed E-state index contributed by atoms with van der Waals surface area (Å²) < 4.78 is 13.3. The second-order valence-corrected chi connectivity index (χ2v) is 5.51. The van der Waals surface area contributed by atoms with E-state index in [-0.39, 0.29) is 0 Å². The topological polar surface area (TPSA) is 51.7 Å². The average molecular weight is 307 g/mol. The van der Waals surface area contributed by atoms with Crippen LogP contribution < -0.4 is 10.1 Å². The number of ether oxygens (including phenoxy) is 1. The number of fused-ring (bicyclic) bond motifs is 2. The van der Waals surface area contributed by atoms with Gasteiger partial charge in [-0.15, -0.1) is 0 Å². The summed E-state index contributed by atoms with van der Waals surface area (Å²) in [7, 11) is 3.55. The maximum atomic E-state index is 5.98. The van der Waals surface area contributed by atoms with Gasteiger partial charge in [0.2, 0.25) is 0 Å². The van der Waals surface area contributed by atoms with E-state index in [1.807, 2.05) is 41.9 Å². The molecular weight excluding hydrogens is 290 g/mol. The number of aryl methyl sites for hydroxylation is 1. The van der Waals surface area contributed by atoms with Crippen LogP contribution in [0, 0.1) is 6.92 Å². The van der Waals surface area contributed by atoms with Crippen LogP contribution in [0.15, 0.2) is 47.0 Å². The number of furan rings is 1. The van der Waals surface area contributed by atoms with Crippen LogP contribution >= 0.6 is 0 Å². The predicted molar refractivity (Wildman–Crippen MR) is 91.2 cm³/mol. The number of pyridine rings is 1. The minimum absolute atomic E-state index is 0.735. The van der Waals surface area contributed by atoms with Crippen molar-refractivity contribution in [1.29, 1.82) is 0 Å². The third-order valence-corrected chi connectivity index (χ3v) is 3.98. The Morgan fingerprint density at radius 1 is 1.17 bits per heavy atom. The number of imidazole rings is 1. The molecule has 1 N–H and O–H groups in total. The van der Waals surface area contributed by atoms with Gasteiger partial charge in [0.1, 0.15) is 28.5 Å². The van der Waals surface area contributed by atoms with Gasteiger partial charge in [0, 0.05) is 18.6 Å². The van der Waals surface area contributed by atoms with Gasteiger partial charge in [-0.25, -0.2) is 4.98 Å². The lowest BCUT2D eigenvalue weighted by atomic mass is 10.2. The Bertz CT molecular complexity index is 1010. The largest absolute Gasteiger partial charge is 0.497 e. The van der Waals surface area contributed by atoms with E-state index in [2.05, 4.69) is 24.4 Å². The fraction of sp³-hybridized carbons (Fsp3) is 0.167. The van der Waals surface area contributed by atoms with Crippen LogP contribution in [0.5, 0.6) is 5.75 Å². The zero-order valence-corrected chi connectivity index (χ0v) is 13.3. The van der Waals surface area contributed by atoms with Gasteiger partial charge >= 0.3 is 0 Å². The Kier molecular flexibility index (Phi) is 3.01. The molecule has 0 spiro atoms. The summed E-state index contributed by atoms with van der Waals surface area (Å²) in [5.74, 6) is 2.45. The second kappa shape index (κ2) is 5.05. The number of aromatic nitrogens is 2. The molecule has 3 aromatic heterocycles. The first-order chi connectivity index (χ1) is 11.2. The summed E-state index contributed by atoms with van der Waals surface area (Å²) in [4.78, 5) is 4.73. The van der Waals surface area contributed by atoms with Crippen LogP contribution in [0.4, 0.5) is 5.82 Å². The van der Waals surface area contributed by atoms with Gasteiger partial charge in [-0.2, -0.15) is 0 Å². The number of anilines is 1. The quantitative estimate of drug-likeness (QED) is 0.619. The first kappa shape index (κ1) is 13.7. The first-order valence-electron chi connectivity index (χ1n) is 7.44. The Labute approximate surface area is 133 Å². The Balaban J connectivity index is 1.94. The molecule has 0 aliphatic rings. The summed E-state index contributed by atoms with van der Waals surface area (Å²) in [6, 6.07) is 11.9. The van der Waals surface area contributed by atoms with E-state index in [1.54, 1.807) is 7.11 Å². The van der Waals surface area contributed by atoms with Gasteiger partial charge in [0.05, 0.1) is 7.11 Å². The van der Waals surface area contributed by atoms with Crippen molar-refractivity contribution in [3.63, 3.8) is 0 Å². The molecule has 0 saturated heterocycles. The lowest BCUT2D eigenvalue weighted by Crippen LogP contribution is -1.95. The number of benzene rings is 1. The fourth-order valence-corrected chi connectivity index (χ4v) is 2.82. The highest BCUT2D eigenvalue weighted by Crippen LogP contribution is 2.34. The predicted octanol–water partition coefficient (Wildman–Crippen LogP) is 4.11. The van der Waals surface area contributed by atoms with Crippen molar-refractivity contribution in [2.75, 3.05) is 19.5 Å². The van der Waals surface area contributed by atoms with Crippen LogP contribution in [-0.4, -0.2) is 23.5 Å². The minimum Gasteiger partial charge on any atom is -0.497 e. The fourth-order valence-electron chi connectivity index (χ4n) is 2.82. The molecule has 0 aliphatic carbocycles. The molecule has 4 aromatic rings. The van der Waals surface area contributed by atoms with E-state index in [1.165, 1.54) is 5.56 Å². The van der Waals surface area contributed by atoms with Crippen molar-refractivity contribution < 1.29 is 9.15 Å². The summed E-state index contributed by atoms with van der Waals surface area (Å²) in [5.41, 5.74) is 3.68. The van der Waals surface area contributed by atoms with Crippen molar-refractivity contribution in [1.82, 2.24) is 9.38 Å². The van der Waals surface area contributed by atoms with Crippen molar-refractivity contribution in [2.45, 2.75) is 6.92 Å². The zero-order valence-electron chi connectivity index (χ0n) is 13.3. The molecule has 5 heteroatoms. The van der Waals surface area contributed by atoms with Crippen molar-refractivity contribution in [3.05, 3.63) is 48.2 Å². The Morgan fingerprint density at radius 2 is 2.04 bits per heavy atom. The summed E-state index contributed by atoms with van der Waals surface area (Å²) >= 11 is 0. The average Bonchev–Trinajstić information content (AvgIpc) is 3.13. The Hall–Kier alpha value is -2.95. The molecule has 0 amide bonds. The first-order valence-corrected chi connectivity index (χ1v) is 7.44. The van der Waals surface area contributed by atoms with Crippen LogP contribution in [0.25, 0.3) is 28.1 Å². The molecule has 0 unspecified atom stereocenters. The lowest BCUT2D eigenvalue weighted by molar-refractivity contribution is 0.415. The highest BCUT2D eigenvalue weighted by Gasteiger charge is 2.17. The van der Waals surface area contributed by atoms with E-state index >= 15 is 0 Å². The molecule has 3 heterocycles. The smallest absolute Gasteiger partial charge is 0.157 e. The summed E-state index contributed by atoms with van der Waals surface area (Å²) in [5, 5.41) is 4.21. The summed E-state index contributed by atoms with van der Waals surface area (Å²) in [6.45, 7) is 2.06. The number of nitrogens with one attached hydrogen (secondary N) is 1. The van der Waals surface area contributed by atoms with Gasteiger partial charge in [-0.05, 0) is 48.9 Å². The molecule has 116 valence electrons. The maximum absolute atomic E-state index is 5.98. The van der Waals surface area contributed by atoms with Crippen molar-refractivity contribution in [3.8, 4) is 17.2 Å². The van der Waals surface area contributed by atoms with Gasteiger partial charge in [0.25, 0.3) is 0 Å². The SMILES string of the molecule is CNc1c(-c2cc3cc(OC)ccc3o2)nc2cc(C)ccn12. The van der Waals surface area contributed by atoms with E-state index in [0.717, 1.165) is 39.6 Å². The number of nitrogens with zero attached hydrogens (tertiary/aromatic N) is 2. The maximum Gasteiger partial charge on any atom is 0.157 e. The highest BCUT2D eigenvalue weighted by molar-refractivity contribution is 5.86. The van der Waals surface area contributed by atoms with Crippen molar-refractivity contribution in [2.24, 2.45) is 0 Å². The van der Waals surface area contributed by atoms with Gasteiger partial charge in [0.15, 0.2) is 5.76 Å². The third kappa shape index (κ3) is 2.12. The van der Waals surface area contributed by atoms with E-state index in [4.69, 9.17) is 14.1 Å². The molecule has 0 radical (unpaired) electrons. The number of methoxy groups -OCH3 is 1. The standard InChI is InChI=1S/C18H17N3O2/c1-11-6-7-21-16(8-11)20-17(18(21)19-2)15-10-12-9-13(22-3)4-5-14(12)23-15/h4-10,19H,1-3H3. The molecule has 23 heavy (non-hydrogen) atoms. The van der Waals surface area contributed by atoms with Crippen LogP contribution in [0.1, 0.15) is 5.56 Å². The van der Waals surface area contributed by atoms with Gasteiger partial charge in [-0.3, -0.25) is 4.40 Å². The molecule has 0 bridgehead atoms. The van der Waals surface area contributed by atoms with Crippen LogP contribution in [0.3, 0.4) is 0 Å². The molecular formula is C18H17N3O2. The number of hydrogen-bond acceptors (Lipinski definition) is 4. The molecule has 0 atom stereocenters. The molecule has 4 rings (SSSR count). The van der Waals surface area contributed by atoms with E-state index in [9.17, 15) is 0 Å². The highest BCUT2D eigenvalue weighted by atomic mass is 16.5. The molecule has 5 nitrogen and oxygen atoms in total. The van der Waals surface area contributed by atoms with Gasteiger partial charge < -0.3 is 14.5 Å². The summed E-state index contributed by atoms with van der Waals surface area (Å²) in [6.07, 6.45) is 2.01. The number of hydrogen-bond donors (Lipinski definition) is 1. The van der Waals surface area contributed by atoms with Gasteiger partial charge in [-0.1, -0.05) is 0 Å². The molecule has 1 aromatic carbocycles. The monoisotopic (exact) mass is 307 g/mol. The lowest BCUT2D eigenvalue weighted by Gasteiger charge is -2.02. The third-order valence-electron chi connectivity index (χ3n) is 3.98. The molecule has 0 fully saturated rings. The normalized spacial score (nSPS) is 11.3. The molecule has 0 aliphatic heterocycles. The zero-order chi connectivity index (χ0) is 16.0. The Morgan fingerprint density at radius 3 is 2.83 bits per heavy atom. The molecule has 0 saturated carbocycles. The van der Waals surface area contributed by atoms with Crippen LogP contribution in [0.2, 0.25) is 0 Å². The van der Waals surface area contributed by atoms with E-state index in [0.29, 0.717) is 0 Å². The number of rotatable bonds is 3. The van der Waals surface area contributed by atoms with Crippen LogP contribution in [-0.2, 0) is 0 Å².